The van der Waals surface area contributed by atoms with Crippen molar-refractivity contribution in [3.63, 3.8) is 0 Å². The second-order valence-corrected chi connectivity index (χ2v) is 9.36. The van der Waals surface area contributed by atoms with Crippen LogP contribution in [0.5, 0.6) is 0 Å². The van der Waals surface area contributed by atoms with Gasteiger partial charge in [0.1, 0.15) is 11.3 Å². The monoisotopic (exact) mass is 566 g/mol. The molecular formula is C25H16BrClN4O3S. The number of oxazole rings is 1. The SMILES string of the molecule is Cc1ccc(-c2ccc(C(=O)NC(=S)Nc3ccc4oc(-c5cncc(Br)c5)nc4c3)o2)cc1Cl. The average molecular weight is 568 g/mol. The van der Waals surface area contributed by atoms with Crippen LogP contribution >= 0.6 is 39.7 Å². The molecule has 1 amide bonds. The van der Waals surface area contributed by atoms with Crippen LogP contribution in [0.3, 0.4) is 0 Å². The lowest BCUT2D eigenvalue weighted by Gasteiger charge is -2.08. The van der Waals surface area contributed by atoms with Crippen LogP contribution in [0.4, 0.5) is 5.69 Å². The molecule has 0 spiro atoms. The molecule has 174 valence electrons. The molecule has 7 nitrogen and oxygen atoms in total. The minimum Gasteiger partial charge on any atom is -0.451 e. The Kier molecular flexibility index (Phi) is 6.38. The Morgan fingerprint density at radius 3 is 2.69 bits per heavy atom. The Morgan fingerprint density at radius 2 is 1.89 bits per heavy atom. The summed E-state index contributed by atoms with van der Waals surface area (Å²) in [4.78, 5) is 21.3. The van der Waals surface area contributed by atoms with Gasteiger partial charge in [0.2, 0.25) is 5.89 Å². The zero-order valence-electron chi connectivity index (χ0n) is 18.1. The summed E-state index contributed by atoms with van der Waals surface area (Å²) in [5.41, 5.74) is 4.37. The minimum atomic E-state index is -0.473. The molecule has 0 fully saturated rings. The van der Waals surface area contributed by atoms with Crippen LogP contribution in [-0.2, 0) is 0 Å². The lowest BCUT2D eigenvalue weighted by Crippen LogP contribution is -2.33. The first-order chi connectivity index (χ1) is 16.9. The molecule has 0 aliphatic heterocycles. The molecule has 5 rings (SSSR count). The van der Waals surface area contributed by atoms with Gasteiger partial charge in [0.05, 0.1) is 5.56 Å². The number of furan rings is 1. The zero-order chi connectivity index (χ0) is 24.5. The molecule has 0 unspecified atom stereocenters. The normalized spacial score (nSPS) is 10.9. The summed E-state index contributed by atoms with van der Waals surface area (Å²) in [6.45, 7) is 1.92. The first-order valence-corrected chi connectivity index (χ1v) is 11.9. The highest BCUT2D eigenvalue weighted by Gasteiger charge is 2.15. The van der Waals surface area contributed by atoms with Crippen molar-refractivity contribution >= 4 is 67.6 Å². The van der Waals surface area contributed by atoms with Gasteiger partial charge in [-0.2, -0.15) is 0 Å². The lowest BCUT2D eigenvalue weighted by molar-refractivity contribution is 0.0951. The predicted octanol–water partition coefficient (Wildman–Crippen LogP) is 7.00. The quantitative estimate of drug-likeness (QED) is 0.226. The smallest absolute Gasteiger partial charge is 0.293 e. The number of benzene rings is 2. The highest BCUT2D eigenvalue weighted by molar-refractivity contribution is 9.10. The number of pyridine rings is 1. The molecule has 2 N–H and O–H groups in total. The number of hydrogen-bond acceptors (Lipinski definition) is 6. The molecule has 35 heavy (non-hydrogen) atoms. The summed E-state index contributed by atoms with van der Waals surface area (Å²) in [6, 6.07) is 16.1. The van der Waals surface area contributed by atoms with Crippen LogP contribution in [0, 0.1) is 6.92 Å². The molecule has 0 saturated heterocycles. The highest BCUT2D eigenvalue weighted by atomic mass is 79.9. The molecule has 0 saturated carbocycles. The van der Waals surface area contributed by atoms with E-state index in [-0.39, 0.29) is 10.9 Å². The number of aryl methyl sites for hydroxylation is 1. The molecule has 0 aliphatic rings. The third kappa shape index (κ3) is 5.12. The lowest BCUT2D eigenvalue weighted by atomic mass is 10.1. The number of thiocarbonyl (C=S) groups is 1. The second kappa shape index (κ2) is 9.61. The number of carbonyl (C=O) groups excluding carboxylic acids is 1. The van der Waals surface area contributed by atoms with Crippen LogP contribution in [0.1, 0.15) is 16.1 Å². The summed E-state index contributed by atoms with van der Waals surface area (Å²) in [7, 11) is 0. The maximum absolute atomic E-state index is 12.6. The molecule has 3 heterocycles. The minimum absolute atomic E-state index is 0.116. The van der Waals surface area contributed by atoms with E-state index in [1.165, 1.54) is 0 Å². The first-order valence-electron chi connectivity index (χ1n) is 10.4. The summed E-state index contributed by atoms with van der Waals surface area (Å²) < 4.78 is 12.3. The summed E-state index contributed by atoms with van der Waals surface area (Å²) in [5, 5.41) is 6.34. The Balaban J connectivity index is 1.26. The number of carbonyl (C=O) groups is 1. The van der Waals surface area contributed by atoms with E-state index in [0.717, 1.165) is 21.2 Å². The maximum Gasteiger partial charge on any atom is 0.293 e. The number of rotatable bonds is 4. The number of anilines is 1. The van der Waals surface area contributed by atoms with E-state index in [1.807, 2.05) is 25.1 Å². The first kappa shape index (κ1) is 23.2. The van der Waals surface area contributed by atoms with E-state index in [4.69, 9.17) is 32.7 Å². The molecule has 2 aromatic carbocycles. The molecule has 0 aliphatic carbocycles. The van der Waals surface area contributed by atoms with Crippen LogP contribution in [0.15, 0.2) is 80.3 Å². The zero-order valence-corrected chi connectivity index (χ0v) is 21.3. The van der Waals surface area contributed by atoms with Gasteiger partial charge in [0, 0.05) is 33.1 Å². The largest absolute Gasteiger partial charge is 0.451 e. The van der Waals surface area contributed by atoms with Gasteiger partial charge in [-0.3, -0.25) is 15.1 Å². The fourth-order valence-electron chi connectivity index (χ4n) is 3.35. The highest BCUT2D eigenvalue weighted by Crippen LogP contribution is 2.28. The van der Waals surface area contributed by atoms with Crippen molar-refractivity contribution in [2.75, 3.05) is 5.32 Å². The van der Waals surface area contributed by atoms with E-state index in [1.54, 1.807) is 48.8 Å². The van der Waals surface area contributed by atoms with Crippen LogP contribution in [0.25, 0.3) is 33.9 Å². The molecule has 0 radical (unpaired) electrons. The van der Waals surface area contributed by atoms with Gasteiger partial charge in [0.15, 0.2) is 16.5 Å². The summed E-state index contributed by atoms with van der Waals surface area (Å²) in [6.07, 6.45) is 3.36. The molecule has 10 heteroatoms. The number of amides is 1. The molecular weight excluding hydrogens is 552 g/mol. The van der Waals surface area contributed by atoms with E-state index in [0.29, 0.717) is 33.5 Å². The Morgan fingerprint density at radius 1 is 1.03 bits per heavy atom. The van der Waals surface area contributed by atoms with Crippen molar-refractivity contribution < 1.29 is 13.6 Å². The molecule has 3 aromatic heterocycles. The van der Waals surface area contributed by atoms with Crippen molar-refractivity contribution in [3.05, 3.63) is 87.8 Å². The van der Waals surface area contributed by atoms with Gasteiger partial charge in [-0.15, -0.1) is 0 Å². The van der Waals surface area contributed by atoms with Gasteiger partial charge in [0.25, 0.3) is 5.91 Å². The van der Waals surface area contributed by atoms with E-state index in [9.17, 15) is 4.79 Å². The van der Waals surface area contributed by atoms with Crippen LogP contribution in [0.2, 0.25) is 5.02 Å². The molecule has 5 aromatic rings. The van der Waals surface area contributed by atoms with E-state index >= 15 is 0 Å². The van der Waals surface area contributed by atoms with E-state index in [2.05, 4.69) is 36.5 Å². The fraction of sp³-hybridized carbons (Fsp3) is 0.0400. The van der Waals surface area contributed by atoms with Crippen molar-refractivity contribution in [2.24, 2.45) is 0 Å². The fourth-order valence-corrected chi connectivity index (χ4v) is 4.10. The molecule has 0 atom stereocenters. The van der Waals surface area contributed by atoms with Gasteiger partial charge in [-0.1, -0.05) is 23.7 Å². The number of aromatic nitrogens is 2. The average Bonchev–Trinajstić information content (AvgIpc) is 3.48. The topological polar surface area (TPSA) is 93.2 Å². The predicted molar refractivity (Wildman–Crippen MR) is 143 cm³/mol. The summed E-state index contributed by atoms with van der Waals surface area (Å²) in [5.74, 6) is 0.633. The number of fused-ring (bicyclic) bond motifs is 1. The van der Waals surface area contributed by atoms with Gasteiger partial charge < -0.3 is 14.2 Å². The van der Waals surface area contributed by atoms with E-state index < -0.39 is 5.91 Å². The van der Waals surface area contributed by atoms with Crippen molar-refractivity contribution in [2.45, 2.75) is 6.92 Å². The maximum atomic E-state index is 12.6. The number of nitrogens with zero attached hydrogens (tertiary/aromatic N) is 2. The van der Waals surface area contributed by atoms with Crippen molar-refractivity contribution in [1.82, 2.24) is 15.3 Å². The van der Waals surface area contributed by atoms with Crippen molar-refractivity contribution in [1.29, 1.82) is 0 Å². The van der Waals surface area contributed by atoms with Gasteiger partial charge in [-0.25, -0.2) is 4.98 Å². The molecule has 0 bridgehead atoms. The Bertz CT molecular complexity index is 1600. The standard InChI is InChI=1S/C25H16BrClN4O3S/c1-13-2-3-14(9-18(13)27)20-6-7-22(33-20)23(32)31-25(35)29-17-4-5-21-19(10-17)30-24(34-21)15-8-16(26)12-28-11-15/h2-12H,1H3,(H2,29,31,32,35). The van der Waals surface area contributed by atoms with Crippen molar-refractivity contribution in [3.8, 4) is 22.8 Å². The summed E-state index contributed by atoms with van der Waals surface area (Å²) >= 11 is 14.9. The number of nitrogens with one attached hydrogen (secondary N) is 2. The third-order valence-corrected chi connectivity index (χ3v) is 6.16. The Labute approximate surface area is 218 Å². The second-order valence-electron chi connectivity index (χ2n) is 7.63. The number of halogens is 2. The number of hydrogen-bond donors (Lipinski definition) is 2. The van der Waals surface area contributed by atoms with Crippen LogP contribution < -0.4 is 10.6 Å². The van der Waals surface area contributed by atoms with Gasteiger partial charge >= 0.3 is 0 Å². The Hall–Kier alpha value is -3.53. The third-order valence-electron chi connectivity index (χ3n) is 5.11. The van der Waals surface area contributed by atoms with Crippen LogP contribution in [-0.4, -0.2) is 21.0 Å². The van der Waals surface area contributed by atoms with Gasteiger partial charge in [-0.05, 0) is 83.1 Å².